The van der Waals surface area contributed by atoms with E-state index in [1.165, 1.54) is 19.0 Å². The molecule has 2 aromatic rings. The van der Waals surface area contributed by atoms with Crippen LogP contribution in [0.2, 0.25) is 0 Å². The Morgan fingerprint density at radius 1 is 1.04 bits per heavy atom. The SMILES string of the molecule is CN(C)c1c(F)cc(NC(=O)CCOc2ccc(F)cc2F)cc1F. The summed E-state index contributed by atoms with van der Waals surface area (Å²) in [5, 5.41) is 2.33. The van der Waals surface area contributed by atoms with Gasteiger partial charge in [-0.15, -0.1) is 0 Å². The Bertz CT molecular complexity index is 758. The third-order valence-corrected chi connectivity index (χ3v) is 3.23. The lowest BCUT2D eigenvalue weighted by atomic mass is 10.2. The zero-order valence-corrected chi connectivity index (χ0v) is 13.6. The Hall–Kier alpha value is -2.77. The van der Waals surface area contributed by atoms with Gasteiger partial charge in [-0.1, -0.05) is 0 Å². The molecule has 0 atom stereocenters. The minimum Gasteiger partial charge on any atom is -0.490 e. The lowest BCUT2D eigenvalue weighted by Crippen LogP contribution is -2.17. The normalized spacial score (nSPS) is 10.5. The first-order valence-corrected chi connectivity index (χ1v) is 7.32. The van der Waals surface area contributed by atoms with Gasteiger partial charge in [0.1, 0.15) is 11.5 Å². The van der Waals surface area contributed by atoms with Gasteiger partial charge in [0.05, 0.1) is 13.0 Å². The molecule has 8 heteroatoms. The van der Waals surface area contributed by atoms with Crippen molar-refractivity contribution in [3.63, 3.8) is 0 Å². The molecule has 1 amide bonds. The first-order chi connectivity index (χ1) is 11.8. The van der Waals surface area contributed by atoms with Crippen molar-refractivity contribution in [2.24, 2.45) is 0 Å². The van der Waals surface area contributed by atoms with Crippen LogP contribution in [0.5, 0.6) is 5.75 Å². The molecule has 2 aromatic carbocycles. The molecular weight excluding hydrogens is 340 g/mol. The number of nitrogens with zero attached hydrogens (tertiary/aromatic N) is 1. The average Bonchev–Trinajstić information content (AvgIpc) is 2.48. The highest BCUT2D eigenvalue weighted by Gasteiger charge is 2.14. The number of amides is 1. The smallest absolute Gasteiger partial charge is 0.227 e. The van der Waals surface area contributed by atoms with E-state index in [-0.39, 0.29) is 30.2 Å². The lowest BCUT2D eigenvalue weighted by molar-refractivity contribution is -0.116. The molecule has 0 heterocycles. The zero-order chi connectivity index (χ0) is 18.6. The number of rotatable bonds is 6. The van der Waals surface area contributed by atoms with Gasteiger partial charge in [-0.2, -0.15) is 0 Å². The van der Waals surface area contributed by atoms with Gasteiger partial charge in [0.25, 0.3) is 0 Å². The fraction of sp³-hybridized carbons (Fsp3) is 0.235. The Balaban J connectivity index is 1.92. The first kappa shape index (κ1) is 18.6. The summed E-state index contributed by atoms with van der Waals surface area (Å²) in [6.45, 7) is -0.185. The van der Waals surface area contributed by atoms with Gasteiger partial charge in [0.15, 0.2) is 23.2 Å². The van der Waals surface area contributed by atoms with Crippen LogP contribution in [0.15, 0.2) is 30.3 Å². The van der Waals surface area contributed by atoms with Crippen LogP contribution < -0.4 is 15.0 Å². The number of ether oxygens (including phenoxy) is 1. The maximum absolute atomic E-state index is 13.8. The molecule has 0 saturated carbocycles. The van der Waals surface area contributed by atoms with Crippen molar-refractivity contribution in [2.45, 2.75) is 6.42 Å². The highest BCUT2D eigenvalue weighted by atomic mass is 19.1. The maximum Gasteiger partial charge on any atom is 0.227 e. The zero-order valence-electron chi connectivity index (χ0n) is 13.6. The Morgan fingerprint density at radius 2 is 1.68 bits per heavy atom. The summed E-state index contributed by atoms with van der Waals surface area (Å²) < 4.78 is 58.8. The predicted octanol–water partition coefficient (Wildman–Crippen LogP) is 3.72. The average molecular weight is 356 g/mol. The second-order valence-corrected chi connectivity index (χ2v) is 5.40. The van der Waals surface area contributed by atoms with E-state index in [0.29, 0.717) is 6.07 Å². The van der Waals surface area contributed by atoms with Gasteiger partial charge >= 0.3 is 0 Å². The third-order valence-electron chi connectivity index (χ3n) is 3.23. The number of hydrogen-bond acceptors (Lipinski definition) is 3. The molecule has 0 aliphatic heterocycles. The second kappa shape index (κ2) is 7.87. The highest BCUT2D eigenvalue weighted by molar-refractivity contribution is 5.91. The van der Waals surface area contributed by atoms with Crippen molar-refractivity contribution in [3.05, 3.63) is 53.6 Å². The molecule has 0 bridgehead atoms. The van der Waals surface area contributed by atoms with Crippen LogP contribution in [0.1, 0.15) is 6.42 Å². The van der Waals surface area contributed by atoms with Crippen molar-refractivity contribution in [1.29, 1.82) is 0 Å². The van der Waals surface area contributed by atoms with Crippen LogP contribution in [0.4, 0.5) is 28.9 Å². The fourth-order valence-electron chi connectivity index (χ4n) is 2.13. The predicted molar refractivity (Wildman–Crippen MR) is 85.8 cm³/mol. The van der Waals surface area contributed by atoms with Gasteiger partial charge in [0.2, 0.25) is 5.91 Å². The molecule has 0 fully saturated rings. The molecule has 2 rings (SSSR count). The number of halogens is 4. The maximum atomic E-state index is 13.8. The topological polar surface area (TPSA) is 41.6 Å². The van der Waals surface area contributed by atoms with Gasteiger partial charge in [-0.25, -0.2) is 17.6 Å². The molecule has 0 unspecified atom stereocenters. The number of nitrogens with one attached hydrogen (secondary N) is 1. The van der Waals surface area contributed by atoms with Gasteiger partial charge in [-0.3, -0.25) is 4.79 Å². The van der Waals surface area contributed by atoms with Crippen molar-refractivity contribution in [1.82, 2.24) is 0 Å². The molecule has 134 valence electrons. The summed E-state index contributed by atoms with van der Waals surface area (Å²) in [7, 11) is 2.98. The van der Waals surface area contributed by atoms with Crippen molar-refractivity contribution in [2.75, 3.05) is 30.9 Å². The Labute approximate surface area is 142 Å². The second-order valence-electron chi connectivity index (χ2n) is 5.40. The molecular formula is C17H16F4N2O2. The lowest BCUT2D eigenvalue weighted by Gasteiger charge is -2.16. The number of carbonyl (C=O) groups excluding carboxylic acids is 1. The number of hydrogen-bond donors (Lipinski definition) is 1. The molecule has 25 heavy (non-hydrogen) atoms. The summed E-state index contributed by atoms with van der Waals surface area (Å²) >= 11 is 0. The summed E-state index contributed by atoms with van der Waals surface area (Å²) in [5.41, 5.74) is -0.258. The third kappa shape index (κ3) is 4.85. The van der Waals surface area contributed by atoms with E-state index >= 15 is 0 Å². The molecule has 0 aliphatic carbocycles. The van der Waals surface area contributed by atoms with Crippen molar-refractivity contribution in [3.8, 4) is 5.75 Å². The van der Waals surface area contributed by atoms with Crippen LogP contribution in [-0.2, 0) is 4.79 Å². The summed E-state index contributed by atoms with van der Waals surface area (Å²) in [6.07, 6.45) is -0.185. The van der Waals surface area contributed by atoms with Crippen LogP contribution in [0.25, 0.3) is 0 Å². The fourth-order valence-corrected chi connectivity index (χ4v) is 2.13. The molecule has 1 N–H and O–H groups in total. The molecule has 0 spiro atoms. The molecule has 0 radical (unpaired) electrons. The first-order valence-electron chi connectivity index (χ1n) is 7.32. The minimum absolute atomic E-state index is 0.0430. The largest absolute Gasteiger partial charge is 0.490 e. The summed E-state index contributed by atoms with van der Waals surface area (Å²) in [4.78, 5) is 13.1. The van der Waals surface area contributed by atoms with E-state index in [4.69, 9.17) is 4.74 Å². The monoisotopic (exact) mass is 356 g/mol. The van der Waals surface area contributed by atoms with Crippen LogP contribution in [0.3, 0.4) is 0 Å². The molecule has 0 aromatic heterocycles. The summed E-state index contributed by atoms with van der Waals surface area (Å²) in [6, 6.07) is 4.78. The highest BCUT2D eigenvalue weighted by Crippen LogP contribution is 2.25. The van der Waals surface area contributed by atoms with Crippen molar-refractivity contribution >= 4 is 17.3 Å². The van der Waals surface area contributed by atoms with Gasteiger partial charge < -0.3 is 15.0 Å². The Morgan fingerprint density at radius 3 is 2.24 bits per heavy atom. The standard InChI is InChI=1S/C17H16F4N2O2/c1-23(2)17-13(20)8-11(9-14(17)21)22-16(24)5-6-25-15-4-3-10(18)7-12(15)19/h3-4,7-9H,5-6H2,1-2H3,(H,22,24). The van der Waals surface area contributed by atoms with Crippen LogP contribution >= 0.6 is 0 Å². The van der Waals surface area contributed by atoms with E-state index in [1.54, 1.807) is 0 Å². The van der Waals surface area contributed by atoms with Crippen LogP contribution in [0, 0.1) is 23.3 Å². The number of benzene rings is 2. The van der Waals surface area contributed by atoms with E-state index < -0.39 is 29.2 Å². The van der Waals surface area contributed by atoms with Crippen LogP contribution in [-0.4, -0.2) is 26.6 Å². The minimum atomic E-state index is -0.885. The Kier molecular flexibility index (Phi) is 5.84. The quantitative estimate of drug-likeness (QED) is 0.802. The van der Waals surface area contributed by atoms with Crippen molar-refractivity contribution < 1.29 is 27.1 Å². The van der Waals surface area contributed by atoms with E-state index in [2.05, 4.69) is 5.32 Å². The number of anilines is 2. The van der Waals surface area contributed by atoms with E-state index in [9.17, 15) is 22.4 Å². The molecule has 0 saturated heterocycles. The summed E-state index contributed by atoms with van der Waals surface area (Å²) in [5.74, 6) is -4.02. The van der Waals surface area contributed by atoms with Gasteiger partial charge in [0, 0.05) is 25.8 Å². The molecule has 4 nitrogen and oxygen atoms in total. The van der Waals surface area contributed by atoms with E-state index in [0.717, 1.165) is 24.3 Å². The molecule has 0 aliphatic rings. The van der Waals surface area contributed by atoms with E-state index in [1.807, 2.05) is 0 Å². The number of carbonyl (C=O) groups is 1. The van der Waals surface area contributed by atoms with Gasteiger partial charge in [-0.05, 0) is 24.3 Å².